The van der Waals surface area contributed by atoms with E-state index >= 15 is 0 Å². The molecule has 4 nitrogen and oxygen atoms in total. The molecule has 0 saturated carbocycles. The van der Waals surface area contributed by atoms with E-state index in [1.807, 2.05) is 72.8 Å². The summed E-state index contributed by atoms with van der Waals surface area (Å²) < 4.78 is 0. The minimum atomic E-state index is -0.201. The number of rotatable bonds is 6. The molecule has 152 valence electrons. The second-order valence-electron chi connectivity index (χ2n) is 7.53. The number of hydrogen-bond donors (Lipinski definition) is 1. The lowest BCUT2D eigenvalue weighted by Gasteiger charge is -2.20. The molecule has 1 heterocycles. The van der Waals surface area contributed by atoms with E-state index in [0.717, 1.165) is 16.8 Å². The van der Waals surface area contributed by atoms with E-state index < -0.39 is 0 Å². The molecule has 3 aromatic rings. The molecule has 0 aliphatic carbocycles. The molecule has 3 aromatic carbocycles. The van der Waals surface area contributed by atoms with Gasteiger partial charge in [0.2, 0.25) is 11.8 Å². The average Bonchev–Trinajstić information content (AvgIpc) is 3.13. The lowest BCUT2D eigenvalue weighted by Crippen LogP contribution is -2.37. The predicted octanol–water partition coefficient (Wildman–Crippen LogP) is 4.78. The molecule has 0 radical (unpaired) electrons. The van der Waals surface area contributed by atoms with Gasteiger partial charge in [-0.3, -0.25) is 9.59 Å². The van der Waals surface area contributed by atoms with Gasteiger partial charge in [0.25, 0.3) is 0 Å². The fourth-order valence-electron chi connectivity index (χ4n) is 3.95. The minimum Gasteiger partial charge on any atom is -0.351 e. The first-order valence-corrected chi connectivity index (χ1v) is 10.4. The van der Waals surface area contributed by atoms with Crippen LogP contribution in [0.4, 0.5) is 5.69 Å². The number of benzene rings is 3. The second-order valence-corrected chi connectivity index (χ2v) is 7.96. The van der Waals surface area contributed by atoms with Crippen LogP contribution < -0.4 is 10.2 Å². The maximum atomic E-state index is 12.9. The molecule has 30 heavy (non-hydrogen) atoms. The Morgan fingerprint density at radius 3 is 2.07 bits per heavy atom. The standard InChI is InChI=1S/C25H23ClN2O2/c26-20-11-13-22(14-12-20)28-17-21(15-25(28)30)27-24(29)16-23(18-7-3-1-4-8-18)19-9-5-2-6-10-19/h1-14,21,23H,15-17H2,(H,27,29). The zero-order valence-corrected chi connectivity index (χ0v) is 17.3. The molecule has 0 aromatic heterocycles. The number of carbonyl (C=O) groups excluding carboxylic acids is 2. The molecule has 0 spiro atoms. The maximum absolute atomic E-state index is 12.9. The van der Waals surface area contributed by atoms with Crippen molar-refractivity contribution in [3.8, 4) is 0 Å². The molecule has 5 heteroatoms. The maximum Gasteiger partial charge on any atom is 0.229 e. The zero-order valence-electron chi connectivity index (χ0n) is 16.5. The first-order valence-electron chi connectivity index (χ1n) is 10.1. The summed E-state index contributed by atoms with van der Waals surface area (Å²) >= 11 is 5.94. The number of nitrogens with one attached hydrogen (secondary N) is 1. The van der Waals surface area contributed by atoms with Crippen molar-refractivity contribution in [2.75, 3.05) is 11.4 Å². The van der Waals surface area contributed by atoms with Gasteiger partial charge in [-0.25, -0.2) is 0 Å². The molecule has 1 unspecified atom stereocenters. The lowest BCUT2D eigenvalue weighted by atomic mass is 9.88. The van der Waals surface area contributed by atoms with E-state index in [-0.39, 0.29) is 23.8 Å². The highest BCUT2D eigenvalue weighted by molar-refractivity contribution is 6.30. The molecular weight excluding hydrogens is 396 g/mol. The van der Waals surface area contributed by atoms with Crippen LogP contribution in [0.25, 0.3) is 0 Å². The smallest absolute Gasteiger partial charge is 0.229 e. The molecule has 1 aliphatic rings. The summed E-state index contributed by atoms with van der Waals surface area (Å²) in [6.45, 7) is 0.466. The number of nitrogens with zero attached hydrogens (tertiary/aromatic N) is 1. The monoisotopic (exact) mass is 418 g/mol. The van der Waals surface area contributed by atoms with E-state index in [9.17, 15) is 9.59 Å². The average molecular weight is 419 g/mol. The zero-order chi connectivity index (χ0) is 20.9. The van der Waals surface area contributed by atoms with Gasteiger partial charge >= 0.3 is 0 Å². The van der Waals surface area contributed by atoms with Gasteiger partial charge in [0.05, 0.1) is 6.04 Å². The number of hydrogen-bond acceptors (Lipinski definition) is 2. The van der Waals surface area contributed by atoms with Crippen LogP contribution in [0.5, 0.6) is 0 Å². The van der Waals surface area contributed by atoms with Crippen molar-refractivity contribution in [1.82, 2.24) is 5.32 Å². The van der Waals surface area contributed by atoms with Gasteiger partial charge in [-0.1, -0.05) is 72.3 Å². The molecule has 1 aliphatic heterocycles. The number of carbonyl (C=O) groups is 2. The third-order valence-corrected chi connectivity index (χ3v) is 5.67. The van der Waals surface area contributed by atoms with Crippen molar-refractivity contribution < 1.29 is 9.59 Å². The Kier molecular flexibility index (Phi) is 6.15. The van der Waals surface area contributed by atoms with Crippen LogP contribution in [-0.2, 0) is 9.59 Å². The topological polar surface area (TPSA) is 49.4 Å². The van der Waals surface area contributed by atoms with Crippen LogP contribution in [-0.4, -0.2) is 24.4 Å². The molecule has 1 saturated heterocycles. The van der Waals surface area contributed by atoms with Gasteiger partial charge in [0, 0.05) is 36.0 Å². The fourth-order valence-corrected chi connectivity index (χ4v) is 4.07. The van der Waals surface area contributed by atoms with Crippen molar-refractivity contribution in [3.05, 3.63) is 101 Å². The normalized spacial score (nSPS) is 16.1. The van der Waals surface area contributed by atoms with Crippen LogP contribution in [0.15, 0.2) is 84.9 Å². The molecule has 0 bridgehead atoms. The number of halogens is 1. The Hall–Kier alpha value is -3.11. The van der Waals surface area contributed by atoms with Crippen LogP contribution >= 0.6 is 11.6 Å². The Balaban J connectivity index is 1.44. The summed E-state index contributed by atoms with van der Waals surface area (Å²) in [6, 6.07) is 27.1. The second kappa shape index (κ2) is 9.14. The highest BCUT2D eigenvalue weighted by atomic mass is 35.5. The molecule has 4 rings (SSSR count). The van der Waals surface area contributed by atoms with Gasteiger partial charge in [-0.2, -0.15) is 0 Å². The summed E-state index contributed by atoms with van der Waals surface area (Å²) in [7, 11) is 0. The fraction of sp³-hybridized carbons (Fsp3) is 0.200. The highest BCUT2D eigenvalue weighted by Crippen LogP contribution is 2.28. The SMILES string of the molecule is O=C(CC(c1ccccc1)c1ccccc1)NC1CC(=O)N(c2ccc(Cl)cc2)C1. The predicted molar refractivity (Wildman–Crippen MR) is 120 cm³/mol. The van der Waals surface area contributed by atoms with Crippen molar-refractivity contribution in [2.24, 2.45) is 0 Å². The largest absolute Gasteiger partial charge is 0.351 e. The quantitative estimate of drug-likeness (QED) is 0.626. The van der Waals surface area contributed by atoms with E-state index in [2.05, 4.69) is 5.32 Å². The van der Waals surface area contributed by atoms with Gasteiger partial charge in [-0.05, 0) is 35.4 Å². The van der Waals surface area contributed by atoms with E-state index in [1.165, 1.54) is 0 Å². The first-order chi connectivity index (χ1) is 14.6. The third-order valence-electron chi connectivity index (χ3n) is 5.42. The van der Waals surface area contributed by atoms with E-state index in [4.69, 9.17) is 11.6 Å². The van der Waals surface area contributed by atoms with Gasteiger partial charge in [0.1, 0.15) is 0 Å². The summed E-state index contributed by atoms with van der Waals surface area (Å²) in [5.74, 6) is -0.0781. The molecule has 2 amide bonds. The summed E-state index contributed by atoms with van der Waals surface area (Å²) in [4.78, 5) is 27.1. The van der Waals surface area contributed by atoms with E-state index in [1.54, 1.807) is 17.0 Å². The van der Waals surface area contributed by atoms with Crippen molar-refractivity contribution in [2.45, 2.75) is 24.8 Å². The molecular formula is C25H23ClN2O2. The van der Waals surface area contributed by atoms with Crippen LogP contribution in [0.1, 0.15) is 29.9 Å². The molecule has 1 fully saturated rings. The lowest BCUT2D eigenvalue weighted by molar-refractivity contribution is -0.122. The van der Waals surface area contributed by atoms with Crippen LogP contribution in [0, 0.1) is 0 Å². The Bertz CT molecular complexity index is 967. The Morgan fingerprint density at radius 2 is 1.50 bits per heavy atom. The van der Waals surface area contributed by atoms with Crippen molar-refractivity contribution in [3.63, 3.8) is 0 Å². The molecule has 1 N–H and O–H groups in total. The van der Waals surface area contributed by atoms with Crippen LogP contribution in [0.3, 0.4) is 0 Å². The van der Waals surface area contributed by atoms with Crippen LogP contribution in [0.2, 0.25) is 5.02 Å². The van der Waals surface area contributed by atoms with Gasteiger partial charge in [0.15, 0.2) is 0 Å². The number of amides is 2. The summed E-state index contributed by atoms with van der Waals surface area (Å²) in [5.41, 5.74) is 3.00. The Morgan fingerprint density at radius 1 is 0.933 bits per heavy atom. The Labute approximate surface area is 181 Å². The summed E-state index contributed by atoms with van der Waals surface area (Å²) in [6.07, 6.45) is 0.634. The minimum absolute atomic E-state index is 0.00490. The van der Waals surface area contributed by atoms with Crippen molar-refractivity contribution in [1.29, 1.82) is 0 Å². The summed E-state index contributed by atoms with van der Waals surface area (Å²) in [5, 5.41) is 3.69. The number of anilines is 1. The van der Waals surface area contributed by atoms with E-state index in [0.29, 0.717) is 24.4 Å². The van der Waals surface area contributed by atoms with Gasteiger partial charge in [-0.15, -0.1) is 0 Å². The third kappa shape index (κ3) is 4.71. The van der Waals surface area contributed by atoms with Crippen molar-refractivity contribution >= 4 is 29.1 Å². The highest BCUT2D eigenvalue weighted by Gasteiger charge is 2.32. The van der Waals surface area contributed by atoms with Gasteiger partial charge < -0.3 is 10.2 Å². The first kappa shape index (κ1) is 20.2. The molecule has 1 atom stereocenters.